The van der Waals surface area contributed by atoms with Gasteiger partial charge in [0.05, 0.1) is 37.2 Å². The Kier molecular flexibility index (Phi) is 4.07. The van der Waals surface area contributed by atoms with Crippen LogP contribution in [0, 0.1) is 17.1 Å². The molecule has 1 fully saturated rings. The minimum Gasteiger partial charge on any atom is -0.491 e. The first-order valence-corrected chi connectivity index (χ1v) is 6.13. The molecule has 19 heavy (non-hydrogen) atoms. The molecule has 102 valence electrons. The molecule has 0 spiro atoms. The normalized spacial score (nSPS) is 19.0. The molecule has 1 heterocycles. The van der Waals surface area contributed by atoms with Gasteiger partial charge in [-0.05, 0) is 6.92 Å². The van der Waals surface area contributed by atoms with Gasteiger partial charge in [0.2, 0.25) is 0 Å². The molecule has 1 aromatic rings. The number of morpholine rings is 1. The van der Waals surface area contributed by atoms with Crippen molar-refractivity contribution in [3.05, 3.63) is 17.9 Å². The van der Waals surface area contributed by atoms with E-state index in [1.54, 1.807) is 13.0 Å². The molecule has 5 nitrogen and oxygen atoms in total. The van der Waals surface area contributed by atoms with Crippen LogP contribution in [-0.4, -0.2) is 32.4 Å². The lowest BCUT2D eigenvalue weighted by molar-refractivity contribution is 0.0765. The molecule has 1 aliphatic rings. The fraction of sp³-hybridized carbons (Fsp3) is 0.462. The van der Waals surface area contributed by atoms with E-state index in [-0.39, 0.29) is 5.75 Å². The van der Waals surface area contributed by atoms with Crippen LogP contribution in [0.2, 0.25) is 0 Å². The number of rotatable bonds is 3. The van der Waals surface area contributed by atoms with Gasteiger partial charge in [-0.15, -0.1) is 0 Å². The number of ether oxygens (including phenoxy) is 2. The number of hydrogen-bond donors (Lipinski definition) is 1. The largest absolute Gasteiger partial charge is 0.491 e. The molecule has 0 saturated carbocycles. The molecule has 1 saturated heterocycles. The summed E-state index contributed by atoms with van der Waals surface area (Å²) in [5.41, 5.74) is 6.85. The van der Waals surface area contributed by atoms with E-state index >= 15 is 0 Å². The van der Waals surface area contributed by atoms with Crippen molar-refractivity contribution in [2.24, 2.45) is 0 Å². The van der Waals surface area contributed by atoms with Crippen LogP contribution in [0.3, 0.4) is 0 Å². The second-order valence-corrected chi connectivity index (χ2v) is 4.21. The monoisotopic (exact) mass is 265 g/mol. The van der Waals surface area contributed by atoms with Gasteiger partial charge in [0.1, 0.15) is 0 Å². The van der Waals surface area contributed by atoms with E-state index in [0.717, 1.165) is 0 Å². The average Bonchev–Trinajstić information content (AvgIpc) is 2.42. The number of halogens is 1. The Morgan fingerprint density at radius 2 is 2.42 bits per heavy atom. The lowest BCUT2D eigenvalue weighted by Gasteiger charge is -2.32. The molecule has 0 amide bonds. The maximum Gasteiger partial charge on any atom is 0.167 e. The van der Waals surface area contributed by atoms with Crippen LogP contribution in [-0.2, 0) is 4.74 Å². The topological polar surface area (TPSA) is 71.5 Å². The molecule has 0 aromatic heterocycles. The predicted octanol–water partition coefficient (Wildman–Crippen LogP) is 1.54. The summed E-state index contributed by atoms with van der Waals surface area (Å²) in [5.74, 6) is -0.306. The highest BCUT2D eigenvalue weighted by Gasteiger charge is 2.23. The lowest BCUT2D eigenvalue weighted by Crippen LogP contribution is -2.42. The van der Waals surface area contributed by atoms with Crippen molar-refractivity contribution in [1.82, 2.24) is 0 Å². The number of benzene rings is 1. The third-order valence-corrected chi connectivity index (χ3v) is 2.93. The van der Waals surface area contributed by atoms with E-state index in [9.17, 15) is 4.39 Å². The maximum atomic E-state index is 13.6. The van der Waals surface area contributed by atoms with Crippen molar-refractivity contribution in [3.63, 3.8) is 0 Å². The fourth-order valence-corrected chi connectivity index (χ4v) is 2.04. The van der Waals surface area contributed by atoms with Gasteiger partial charge in [0.25, 0.3) is 0 Å². The zero-order valence-corrected chi connectivity index (χ0v) is 10.7. The molecule has 6 heteroatoms. The van der Waals surface area contributed by atoms with Gasteiger partial charge in [-0.3, -0.25) is 0 Å². The van der Waals surface area contributed by atoms with E-state index in [4.69, 9.17) is 20.5 Å². The summed E-state index contributed by atoms with van der Waals surface area (Å²) in [6.45, 7) is 3.64. The number of nitriles is 1. The van der Waals surface area contributed by atoms with E-state index in [1.807, 2.05) is 4.90 Å². The number of nitrogens with zero attached hydrogens (tertiary/aromatic N) is 2. The van der Waals surface area contributed by atoms with Crippen LogP contribution in [0.5, 0.6) is 5.75 Å². The number of nitrogens with two attached hydrogens (primary N) is 1. The lowest BCUT2D eigenvalue weighted by atomic mass is 10.2. The molecule has 0 bridgehead atoms. The van der Waals surface area contributed by atoms with Gasteiger partial charge >= 0.3 is 0 Å². The zero-order valence-electron chi connectivity index (χ0n) is 10.7. The Morgan fingerprint density at radius 1 is 1.63 bits per heavy atom. The molecule has 1 unspecified atom stereocenters. The van der Waals surface area contributed by atoms with Gasteiger partial charge < -0.3 is 20.1 Å². The molecule has 1 aromatic carbocycles. The Labute approximate surface area is 111 Å². The van der Waals surface area contributed by atoms with Gasteiger partial charge in [-0.2, -0.15) is 5.26 Å². The standard InChI is InChI=1S/C13H16FN3O2/c1-2-18-13-6-12(11(16)5-10(13)14)17-3-4-19-9(7-15)8-17/h5-6,9H,2-4,8,16H2,1H3. The molecule has 2 rings (SSSR count). The number of nitrogen functional groups attached to an aromatic ring is 1. The van der Waals surface area contributed by atoms with Crippen LogP contribution >= 0.6 is 0 Å². The van der Waals surface area contributed by atoms with Gasteiger partial charge in [0, 0.05) is 18.7 Å². The first-order chi connectivity index (χ1) is 9.15. The second-order valence-electron chi connectivity index (χ2n) is 4.21. The van der Waals surface area contributed by atoms with Gasteiger partial charge in [0.15, 0.2) is 17.7 Å². The predicted molar refractivity (Wildman–Crippen MR) is 69.5 cm³/mol. The molecular formula is C13H16FN3O2. The Hall–Kier alpha value is -2.00. The summed E-state index contributed by atoms with van der Waals surface area (Å²) in [5, 5.41) is 8.89. The van der Waals surface area contributed by atoms with Crippen LogP contribution < -0.4 is 15.4 Å². The Bertz CT molecular complexity index is 501. The van der Waals surface area contributed by atoms with Crippen molar-refractivity contribution in [2.75, 3.05) is 36.9 Å². The molecule has 2 N–H and O–H groups in total. The van der Waals surface area contributed by atoms with Crippen LogP contribution in [0.4, 0.5) is 15.8 Å². The first-order valence-electron chi connectivity index (χ1n) is 6.13. The minimum atomic E-state index is -0.492. The molecule has 1 atom stereocenters. The number of hydrogen-bond acceptors (Lipinski definition) is 5. The van der Waals surface area contributed by atoms with Gasteiger partial charge in [-0.25, -0.2) is 4.39 Å². The minimum absolute atomic E-state index is 0.173. The highest BCUT2D eigenvalue weighted by molar-refractivity contribution is 5.70. The second kappa shape index (κ2) is 5.76. The highest BCUT2D eigenvalue weighted by atomic mass is 19.1. The van der Waals surface area contributed by atoms with E-state index in [2.05, 4.69) is 6.07 Å². The average molecular weight is 265 g/mol. The third-order valence-electron chi connectivity index (χ3n) is 2.93. The van der Waals surface area contributed by atoms with Crippen molar-refractivity contribution < 1.29 is 13.9 Å². The highest BCUT2D eigenvalue weighted by Crippen LogP contribution is 2.32. The molecule has 0 aliphatic carbocycles. The van der Waals surface area contributed by atoms with Crippen molar-refractivity contribution in [3.8, 4) is 11.8 Å². The van der Waals surface area contributed by atoms with Crippen molar-refractivity contribution >= 4 is 11.4 Å². The summed E-state index contributed by atoms with van der Waals surface area (Å²) in [6.07, 6.45) is -0.492. The Balaban J connectivity index is 2.28. The van der Waals surface area contributed by atoms with Crippen molar-refractivity contribution in [2.45, 2.75) is 13.0 Å². The smallest absolute Gasteiger partial charge is 0.167 e. The summed E-state index contributed by atoms with van der Waals surface area (Å²) < 4.78 is 24.1. The Morgan fingerprint density at radius 3 is 3.11 bits per heavy atom. The van der Waals surface area contributed by atoms with Gasteiger partial charge in [-0.1, -0.05) is 0 Å². The van der Waals surface area contributed by atoms with Crippen LogP contribution in [0.1, 0.15) is 6.92 Å². The quantitative estimate of drug-likeness (QED) is 0.839. The van der Waals surface area contributed by atoms with Crippen molar-refractivity contribution in [1.29, 1.82) is 5.26 Å². The summed E-state index contributed by atoms with van der Waals surface area (Å²) in [6, 6.07) is 4.89. The molecular weight excluding hydrogens is 249 g/mol. The SMILES string of the molecule is CCOc1cc(N2CCOC(C#N)C2)c(N)cc1F. The summed E-state index contributed by atoms with van der Waals surface area (Å²) in [7, 11) is 0. The maximum absolute atomic E-state index is 13.6. The first kappa shape index (κ1) is 13.4. The number of anilines is 2. The van der Waals surface area contributed by atoms with E-state index < -0.39 is 11.9 Å². The van der Waals surface area contributed by atoms with E-state index in [0.29, 0.717) is 37.7 Å². The zero-order chi connectivity index (χ0) is 13.8. The summed E-state index contributed by atoms with van der Waals surface area (Å²) in [4.78, 5) is 1.91. The fourth-order valence-electron chi connectivity index (χ4n) is 2.04. The van der Waals surface area contributed by atoms with Crippen LogP contribution in [0.25, 0.3) is 0 Å². The summed E-state index contributed by atoms with van der Waals surface area (Å²) >= 11 is 0. The molecule has 1 aliphatic heterocycles. The van der Waals surface area contributed by atoms with E-state index in [1.165, 1.54) is 6.07 Å². The third kappa shape index (κ3) is 2.88. The molecule has 0 radical (unpaired) electrons. The van der Waals surface area contributed by atoms with Crippen LogP contribution in [0.15, 0.2) is 12.1 Å².